The fourth-order valence-corrected chi connectivity index (χ4v) is 5.37. The normalized spacial score (nSPS) is 16.8. The Labute approximate surface area is 156 Å². The Hall–Kier alpha value is -2.16. The van der Waals surface area contributed by atoms with E-state index in [4.69, 9.17) is 9.47 Å². The summed E-state index contributed by atoms with van der Waals surface area (Å²) in [6.07, 6.45) is -0.160. The lowest BCUT2D eigenvalue weighted by Gasteiger charge is -2.35. The van der Waals surface area contributed by atoms with Gasteiger partial charge in [0.15, 0.2) is 6.23 Å². The number of anilines is 1. The quantitative estimate of drug-likeness (QED) is 0.770. The van der Waals surface area contributed by atoms with Gasteiger partial charge in [-0.05, 0) is 43.0 Å². The van der Waals surface area contributed by atoms with E-state index >= 15 is 0 Å². The molecule has 1 amide bonds. The van der Waals surface area contributed by atoms with Gasteiger partial charge in [0.2, 0.25) is 9.84 Å². The Bertz CT molecular complexity index is 919. The molecule has 3 rings (SSSR count). The molecule has 2 heterocycles. The Kier molecular flexibility index (Phi) is 5.45. The van der Waals surface area contributed by atoms with Gasteiger partial charge in [-0.1, -0.05) is 24.3 Å². The van der Waals surface area contributed by atoms with Gasteiger partial charge in [-0.25, -0.2) is 18.1 Å². The van der Waals surface area contributed by atoms with Crippen LogP contribution >= 0.6 is 11.3 Å². The highest BCUT2D eigenvalue weighted by Gasteiger charge is 2.41. The summed E-state index contributed by atoms with van der Waals surface area (Å²) in [7, 11) is -3.81. The summed E-state index contributed by atoms with van der Waals surface area (Å²) in [4.78, 5) is 13.9. The van der Waals surface area contributed by atoms with Gasteiger partial charge < -0.3 is 9.47 Å². The van der Waals surface area contributed by atoms with Crippen molar-refractivity contribution in [3.8, 4) is 0 Å². The van der Waals surface area contributed by atoms with Crippen LogP contribution in [0.1, 0.15) is 19.4 Å². The molecule has 138 valence electrons. The summed E-state index contributed by atoms with van der Waals surface area (Å²) in [5.74, 6) is 0. The first-order valence-corrected chi connectivity index (χ1v) is 10.5. The Balaban J connectivity index is 2.19. The van der Waals surface area contributed by atoms with Gasteiger partial charge in [0.05, 0.1) is 12.3 Å². The molecule has 0 aliphatic carbocycles. The number of fused-ring (bicyclic) bond motifs is 1. The van der Waals surface area contributed by atoms with Crippen LogP contribution in [0.5, 0.6) is 0 Å². The summed E-state index contributed by atoms with van der Waals surface area (Å²) in [5.41, 5.74) is 1.17. The first-order valence-electron chi connectivity index (χ1n) is 8.17. The van der Waals surface area contributed by atoms with Crippen molar-refractivity contribution in [1.29, 1.82) is 0 Å². The van der Waals surface area contributed by atoms with Gasteiger partial charge in [-0.15, -0.1) is 11.3 Å². The van der Waals surface area contributed by atoms with Crippen molar-refractivity contribution < 1.29 is 22.7 Å². The third-order valence-electron chi connectivity index (χ3n) is 3.83. The molecule has 1 aliphatic heterocycles. The van der Waals surface area contributed by atoms with E-state index in [1.54, 1.807) is 61.7 Å². The molecular formula is C18H19NO5S2. The van der Waals surface area contributed by atoms with Crippen LogP contribution in [-0.2, 0) is 19.3 Å². The highest BCUT2D eigenvalue weighted by molar-refractivity contribution is 7.97. The zero-order valence-corrected chi connectivity index (χ0v) is 16.0. The molecule has 0 saturated carbocycles. The van der Waals surface area contributed by atoms with Gasteiger partial charge in [0.1, 0.15) is 9.11 Å². The summed E-state index contributed by atoms with van der Waals surface area (Å²) in [6.45, 7) is 3.86. The number of sulfone groups is 1. The number of hydrogen-bond acceptors (Lipinski definition) is 6. The zero-order valence-electron chi connectivity index (χ0n) is 14.4. The van der Waals surface area contributed by atoms with Crippen LogP contribution in [0.25, 0.3) is 6.08 Å². The number of carbonyl (C=O) groups is 1. The van der Waals surface area contributed by atoms with Crippen molar-refractivity contribution in [3.63, 3.8) is 0 Å². The maximum Gasteiger partial charge on any atom is 0.416 e. The van der Waals surface area contributed by atoms with E-state index in [0.29, 0.717) is 11.3 Å². The van der Waals surface area contributed by atoms with Crippen molar-refractivity contribution in [2.45, 2.75) is 24.3 Å². The highest BCUT2D eigenvalue weighted by Crippen LogP contribution is 2.38. The van der Waals surface area contributed by atoms with E-state index in [2.05, 4.69) is 0 Å². The molecule has 0 N–H and O–H groups in total. The summed E-state index contributed by atoms with van der Waals surface area (Å²) >= 11 is 1.13. The van der Waals surface area contributed by atoms with Crippen molar-refractivity contribution in [2.75, 3.05) is 18.1 Å². The molecule has 0 spiro atoms. The number of benzene rings is 1. The predicted octanol–water partition coefficient (Wildman–Crippen LogP) is 3.90. The second kappa shape index (κ2) is 7.61. The van der Waals surface area contributed by atoms with Crippen LogP contribution in [0.2, 0.25) is 0 Å². The molecule has 0 fully saturated rings. The molecule has 1 aromatic carbocycles. The third-order valence-corrected chi connectivity index (χ3v) is 7.05. The lowest BCUT2D eigenvalue weighted by Crippen LogP contribution is -2.47. The first kappa shape index (κ1) is 18.6. The van der Waals surface area contributed by atoms with Crippen LogP contribution in [-0.4, -0.2) is 34.0 Å². The fraction of sp³-hybridized carbons (Fsp3) is 0.278. The van der Waals surface area contributed by atoms with Gasteiger partial charge in [0.25, 0.3) is 0 Å². The molecule has 8 heteroatoms. The molecule has 6 nitrogen and oxygen atoms in total. The average molecular weight is 393 g/mol. The van der Waals surface area contributed by atoms with Crippen molar-refractivity contribution in [2.24, 2.45) is 0 Å². The van der Waals surface area contributed by atoms with Gasteiger partial charge in [0, 0.05) is 6.61 Å². The lowest BCUT2D eigenvalue weighted by atomic mass is 10.1. The van der Waals surface area contributed by atoms with E-state index in [1.165, 1.54) is 4.90 Å². The van der Waals surface area contributed by atoms with Gasteiger partial charge in [-0.2, -0.15) is 0 Å². The second-order valence-corrected chi connectivity index (χ2v) is 8.54. The van der Waals surface area contributed by atoms with Crippen LogP contribution in [0.15, 0.2) is 50.9 Å². The number of para-hydroxylation sites is 1. The first-order chi connectivity index (χ1) is 12.5. The molecule has 2 aromatic rings. The van der Waals surface area contributed by atoms with Crippen LogP contribution in [0.3, 0.4) is 0 Å². The van der Waals surface area contributed by atoms with E-state index in [9.17, 15) is 13.2 Å². The SMILES string of the molecule is CCOC(=O)N1c2ccccc2C=C(S(=O)(=O)c2cccs2)C1OCC. The minimum Gasteiger partial charge on any atom is -0.449 e. The van der Waals surface area contributed by atoms with Crippen molar-refractivity contribution in [1.82, 2.24) is 0 Å². The molecule has 26 heavy (non-hydrogen) atoms. The smallest absolute Gasteiger partial charge is 0.416 e. The van der Waals surface area contributed by atoms with Crippen molar-refractivity contribution in [3.05, 3.63) is 52.2 Å². The minimum absolute atomic E-state index is 0.0218. The van der Waals surface area contributed by atoms with E-state index in [-0.39, 0.29) is 22.3 Å². The van der Waals surface area contributed by atoms with E-state index < -0.39 is 22.2 Å². The zero-order chi connectivity index (χ0) is 18.7. The molecule has 1 unspecified atom stereocenters. The summed E-state index contributed by atoms with van der Waals surface area (Å²) in [6, 6.07) is 10.3. The topological polar surface area (TPSA) is 72.9 Å². The number of nitrogens with zero attached hydrogens (tertiary/aromatic N) is 1. The largest absolute Gasteiger partial charge is 0.449 e. The number of ether oxygens (including phenoxy) is 2. The lowest BCUT2D eigenvalue weighted by molar-refractivity contribution is 0.0803. The molecule has 0 bridgehead atoms. The summed E-state index contributed by atoms with van der Waals surface area (Å²) in [5, 5.41) is 1.70. The maximum absolute atomic E-state index is 13.2. The molecule has 1 aromatic heterocycles. The van der Waals surface area contributed by atoms with Crippen molar-refractivity contribution >= 4 is 39.0 Å². The third kappa shape index (κ3) is 3.27. The number of hydrogen-bond donors (Lipinski definition) is 0. The predicted molar refractivity (Wildman–Crippen MR) is 101 cm³/mol. The minimum atomic E-state index is -3.81. The number of rotatable bonds is 5. The van der Waals surface area contributed by atoms with Crippen LogP contribution < -0.4 is 4.90 Å². The highest BCUT2D eigenvalue weighted by atomic mass is 32.2. The second-order valence-electron chi connectivity index (χ2n) is 5.42. The standard InChI is InChI=1S/C18H19NO5S2/c1-3-23-17-15(26(21,22)16-10-7-11-25-16)12-13-8-5-6-9-14(13)19(17)18(20)24-4-2/h5-12,17H,3-4H2,1-2H3. The van der Waals surface area contributed by atoms with Gasteiger partial charge >= 0.3 is 6.09 Å². The number of amides is 1. The van der Waals surface area contributed by atoms with Gasteiger partial charge in [-0.3, -0.25) is 0 Å². The van der Waals surface area contributed by atoms with Crippen LogP contribution in [0.4, 0.5) is 10.5 Å². The number of thiophene rings is 1. The van der Waals surface area contributed by atoms with E-state index in [0.717, 1.165) is 11.3 Å². The summed E-state index contributed by atoms with van der Waals surface area (Å²) < 4.78 is 37.4. The molecule has 1 aliphatic rings. The molecule has 0 radical (unpaired) electrons. The Morgan fingerprint density at radius 2 is 1.92 bits per heavy atom. The Morgan fingerprint density at radius 1 is 1.15 bits per heavy atom. The maximum atomic E-state index is 13.2. The molecule has 0 saturated heterocycles. The molecule has 1 atom stereocenters. The van der Waals surface area contributed by atoms with Crippen LogP contribution in [0, 0.1) is 0 Å². The van der Waals surface area contributed by atoms with E-state index in [1.807, 2.05) is 0 Å². The number of carbonyl (C=O) groups excluding carboxylic acids is 1. The average Bonchev–Trinajstić information content (AvgIpc) is 3.17. The monoisotopic (exact) mass is 393 g/mol. The molecular weight excluding hydrogens is 374 g/mol. The fourth-order valence-electron chi connectivity index (χ4n) is 2.75. The Morgan fingerprint density at radius 3 is 2.58 bits per heavy atom.